The average molecular weight is 460 g/mol. The van der Waals surface area contributed by atoms with Gasteiger partial charge in [0.1, 0.15) is 5.25 Å². The largest absolute Gasteiger partial charge is 0.325 e. The number of halogens is 1. The van der Waals surface area contributed by atoms with Gasteiger partial charge in [-0.1, -0.05) is 49.0 Å². The van der Waals surface area contributed by atoms with Crippen LogP contribution in [0.4, 0.5) is 11.4 Å². The van der Waals surface area contributed by atoms with Crippen molar-refractivity contribution >= 4 is 56.0 Å². The molecule has 0 spiro atoms. The number of nitrogens with zero attached hydrogens (tertiary/aromatic N) is 2. The van der Waals surface area contributed by atoms with Gasteiger partial charge in [-0.25, -0.2) is 4.99 Å². The van der Waals surface area contributed by atoms with Crippen molar-refractivity contribution in [2.24, 2.45) is 4.99 Å². The molecule has 0 aliphatic carbocycles. The summed E-state index contributed by atoms with van der Waals surface area (Å²) in [6.45, 7) is 4.61. The molecule has 0 bridgehead atoms. The number of benzene rings is 2. The van der Waals surface area contributed by atoms with E-state index in [0.29, 0.717) is 17.4 Å². The van der Waals surface area contributed by atoms with Crippen molar-refractivity contribution < 1.29 is 9.59 Å². The van der Waals surface area contributed by atoms with E-state index in [1.165, 1.54) is 11.8 Å². The van der Waals surface area contributed by atoms with Gasteiger partial charge < -0.3 is 5.32 Å². The van der Waals surface area contributed by atoms with E-state index in [9.17, 15) is 9.59 Å². The summed E-state index contributed by atoms with van der Waals surface area (Å²) in [5.41, 5.74) is 2.59. The zero-order valence-electron chi connectivity index (χ0n) is 15.8. The quantitative estimate of drug-likeness (QED) is 0.651. The van der Waals surface area contributed by atoms with Crippen molar-refractivity contribution in [2.75, 3.05) is 11.9 Å². The zero-order chi connectivity index (χ0) is 20.1. The van der Waals surface area contributed by atoms with Crippen molar-refractivity contribution in [2.45, 2.75) is 31.9 Å². The molecule has 2 aromatic rings. The summed E-state index contributed by atoms with van der Waals surface area (Å²) in [5.74, 6) is -0.243. The van der Waals surface area contributed by atoms with E-state index < -0.39 is 5.25 Å². The van der Waals surface area contributed by atoms with Crippen LogP contribution in [0.2, 0.25) is 0 Å². The van der Waals surface area contributed by atoms with Crippen LogP contribution in [0.5, 0.6) is 0 Å². The van der Waals surface area contributed by atoms with Crippen LogP contribution in [0.15, 0.2) is 58.0 Å². The highest BCUT2D eigenvalue weighted by atomic mass is 79.9. The molecule has 1 N–H and O–H groups in total. The number of para-hydroxylation sites is 2. The molecule has 1 atom stereocenters. The fourth-order valence-corrected chi connectivity index (χ4v) is 4.44. The van der Waals surface area contributed by atoms with Crippen LogP contribution in [0.25, 0.3) is 0 Å². The van der Waals surface area contributed by atoms with Crippen molar-refractivity contribution in [3.8, 4) is 0 Å². The maximum Gasteiger partial charge on any atom is 0.242 e. The third-order valence-corrected chi connectivity index (χ3v) is 6.18. The number of rotatable bonds is 6. The highest BCUT2D eigenvalue weighted by Crippen LogP contribution is 2.33. The van der Waals surface area contributed by atoms with Crippen molar-refractivity contribution in [3.63, 3.8) is 0 Å². The first-order valence-corrected chi connectivity index (χ1v) is 10.8. The highest BCUT2D eigenvalue weighted by Gasteiger charge is 2.38. The zero-order valence-corrected chi connectivity index (χ0v) is 18.2. The molecule has 1 aliphatic rings. The van der Waals surface area contributed by atoms with E-state index in [-0.39, 0.29) is 18.2 Å². The van der Waals surface area contributed by atoms with Gasteiger partial charge in [0.2, 0.25) is 11.8 Å². The van der Waals surface area contributed by atoms with Gasteiger partial charge in [0.05, 0.1) is 11.4 Å². The second-order valence-corrected chi connectivity index (χ2v) is 8.53. The molecule has 146 valence electrons. The SMILES string of the molecule is CCCN1C(=O)C(CC(=O)Nc2ccccc2Br)SC1=Nc1ccccc1C. The second-order valence-electron chi connectivity index (χ2n) is 6.51. The Labute approximate surface area is 177 Å². The Morgan fingerprint density at radius 2 is 1.93 bits per heavy atom. The molecule has 2 amide bonds. The maximum atomic E-state index is 12.9. The van der Waals surface area contributed by atoms with Gasteiger partial charge in [0.15, 0.2) is 5.17 Å². The lowest BCUT2D eigenvalue weighted by Crippen LogP contribution is -2.34. The van der Waals surface area contributed by atoms with E-state index in [4.69, 9.17) is 4.99 Å². The Bertz CT molecular complexity index is 916. The fourth-order valence-electron chi connectivity index (χ4n) is 2.88. The number of carbonyl (C=O) groups is 2. The van der Waals surface area contributed by atoms with Gasteiger partial charge in [-0.3, -0.25) is 14.5 Å². The number of amides is 2. The molecule has 1 fully saturated rings. The molecule has 5 nitrogen and oxygen atoms in total. The van der Waals surface area contributed by atoms with Crippen LogP contribution in [0, 0.1) is 6.92 Å². The van der Waals surface area contributed by atoms with Gasteiger partial charge in [0.25, 0.3) is 0 Å². The van der Waals surface area contributed by atoms with Crippen LogP contribution < -0.4 is 5.32 Å². The topological polar surface area (TPSA) is 61.8 Å². The monoisotopic (exact) mass is 459 g/mol. The third kappa shape index (κ3) is 4.83. The lowest BCUT2D eigenvalue weighted by Gasteiger charge is -2.15. The molecule has 28 heavy (non-hydrogen) atoms. The van der Waals surface area contributed by atoms with Crippen molar-refractivity contribution in [1.82, 2.24) is 4.90 Å². The van der Waals surface area contributed by atoms with Crippen LogP contribution in [-0.2, 0) is 9.59 Å². The van der Waals surface area contributed by atoms with E-state index >= 15 is 0 Å². The fraction of sp³-hybridized carbons (Fsp3) is 0.286. The second kappa shape index (κ2) is 9.39. The summed E-state index contributed by atoms with van der Waals surface area (Å²) in [4.78, 5) is 31.8. The van der Waals surface area contributed by atoms with Crippen molar-refractivity contribution in [3.05, 3.63) is 58.6 Å². The summed E-state index contributed by atoms with van der Waals surface area (Å²) >= 11 is 4.79. The molecule has 2 aromatic carbocycles. The molecule has 0 aromatic heterocycles. The van der Waals surface area contributed by atoms with Gasteiger partial charge in [-0.15, -0.1) is 0 Å². The number of thioether (sulfide) groups is 1. The minimum absolute atomic E-state index is 0.0542. The molecular formula is C21H22BrN3O2S. The standard InChI is InChI=1S/C21H22BrN3O2S/c1-3-12-25-20(27)18(13-19(26)23-17-11-7-5-9-15(17)22)28-21(25)24-16-10-6-4-8-14(16)2/h4-11,18H,3,12-13H2,1-2H3,(H,23,26). The number of carbonyl (C=O) groups excluding carboxylic acids is 2. The first-order valence-electron chi connectivity index (χ1n) is 9.16. The summed E-state index contributed by atoms with van der Waals surface area (Å²) in [6.07, 6.45) is 0.937. The number of aliphatic imine (C=N–C) groups is 1. The number of amidine groups is 1. The van der Waals surface area contributed by atoms with Gasteiger partial charge in [-0.2, -0.15) is 0 Å². The smallest absolute Gasteiger partial charge is 0.242 e. The molecule has 1 unspecified atom stereocenters. The van der Waals surface area contributed by atoms with Crippen molar-refractivity contribution in [1.29, 1.82) is 0 Å². The van der Waals surface area contributed by atoms with E-state index in [1.54, 1.807) is 4.90 Å². The predicted octanol–water partition coefficient (Wildman–Crippen LogP) is 5.13. The molecule has 3 rings (SSSR count). The number of hydrogen-bond donors (Lipinski definition) is 1. The third-order valence-electron chi connectivity index (χ3n) is 4.32. The Hall–Kier alpha value is -2.12. The summed E-state index contributed by atoms with van der Waals surface area (Å²) < 4.78 is 0.808. The van der Waals surface area contributed by atoms with E-state index in [2.05, 4.69) is 21.2 Å². The molecule has 7 heteroatoms. The molecular weight excluding hydrogens is 438 g/mol. The molecule has 1 heterocycles. The van der Waals surface area contributed by atoms with Crippen LogP contribution in [-0.4, -0.2) is 33.7 Å². The minimum atomic E-state index is -0.461. The predicted molar refractivity (Wildman–Crippen MR) is 119 cm³/mol. The molecule has 0 radical (unpaired) electrons. The Kier molecular flexibility index (Phi) is 6.91. The van der Waals surface area contributed by atoms with E-state index in [0.717, 1.165) is 22.1 Å². The molecule has 0 saturated carbocycles. The summed E-state index contributed by atoms with van der Waals surface area (Å²) in [6, 6.07) is 15.2. The van der Waals surface area contributed by atoms with Crippen LogP contribution in [0.3, 0.4) is 0 Å². The summed E-state index contributed by atoms with van der Waals surface area (Å²) in [7, 11) is 0. The summed E-state index contributed by atoms with van der Waals surface area (Å²) in [5, 5.41) is 3.07. The maximum absolute atomic E-state index is 12.9. The minimum Gasteiger partial charge on any atom is -0.325 e. The highest BCUT2D eigenvalue weighted by molar-refractivity contribution is 9.10. The van der Waals surface area contributed by atoms with Gasteiger partial charge in [0, 0.05) is 17.4 Å². The van der Waals surface area contributed by atoms with E-state index in [1.807, 2.05) is 62.4 Å². The number of hydrogen-bond acceptors (Lipinski definition) is 4. The molecule has 1 saturated heterocycles. The van der Waals surface area contributed by atoms with Gasteiger partial charge >= 0.3 is 0 Å². The first kappa shape index (κ1) is 20.6. The average Bonchev–Trinajstić information content (AvgIpc) is 2.94. The number of aryl methyl sites for hydroxylation is 1. The lowest BCUT2D eigenvalue weighted by molar-refractivity contribution is -0.128. The molecule has 1 aliphatic heterocycles. The number of nitrogens with one attached hydrogen (secondary N) is 1. The Morgan fingerprint density at radius 1 is 1.21 bits per heavy atom. The normalized spacial score (nSPS) is 18.0. The first-order chi connectivity index (χ1) is 13.5. The lowest BCUT2D eigenvalue weighted by atomic mass is 10.2. The number of anilines is 1. The Morgan fingerprint density at radius 3 is 2.64 bits per heavy atom. The Balaban J connectivity index is 1.75. The van der Waals surface area contributed by atoms with Crippen LogP contribution in [0.1, 0.15) is 25.3 Å². The van der Waals surface area contributed by atoms with Gasteiger partial charge in [-0.05, 0) is 53.0 Å². The van der Waals surface area contributed by atoms with Crippen LogP contribution >= 0.6 is 27.7 Å².